The van der Waals surface area contributed by atoms with E-state index < -0.39 is 22.0 Å². The third-order valence-corrected chi connectivity index (χ3v) is 7.55. The fourth-order valence-corrected chi connectivity index (χ4v) is 5.80. The molecular formula is C17H17ClN6O3S2. The lowest BCUT2D eigenvalue weighted by molar-refractivity contribution is 0.102. The number of hydrogen-bond donors (Lipinski definition) is 1. The summed E-state index contributed by atoms with van der Waals surface area (Å²) < 4.78 is 28.9. The maximum Gasteiger partial charge on any atom is 0.286 e. The second-order valence-electron chi connectivity index (χ2n) is 6.56. The van der Waals surface area contributed by atoms with Crippen LogP contribution in [-0.2, 0) is 17.1 Å². The highest BCUT2D eigenvalue weighted by Crippen LogP contribution is 2.37. The van der Waals surface area contributed by atoms with Crippen molar-refractivity contribution >= 4 is 44.6 Å². The second kappa shape index (κ2) is 7.82. The number of aromatic nitrogens is 4. The largest absolute Gasteiger partial charge is 0.339 e. The summed E-state index contributed by atoms with van der Waals surface area (Å²) in [5, 5.41) is 12.0. The molecule has 4 rings (SSSR count). The van der Waals surface area contributed by atoms with Crippen molar-refractivity contribution in [3.05, 3.63) is 51.8 Å². The second-order valence-corrected chi connectivity index (χ2v) is 9.84. The molecule has 1 unspecified atom stereocenters. The number of rotatable bonds is 5. The van der Waals surface area contributed by atoms with Gasteiger partial charge in [-0.25, -0.2) is 13.4 Å². The van der Waals surface area contributed by atoms with Gasteiger partial charge >= 0.3 is 0 Å². The SMILES string of the molecule is Cn1cnc(S(=O)(=O)N2CCCC2c2nnc(C(=O)Nc3ccc(Cl)cc3)s2)c1. The van der Waals surface area contributed by atoms with Crippen molar-refractivity contribution in [2.45, 2.75) is 23.9 Å². The van der Waals surface area contributed by atoms with Gasteiger partial charge in [-0.05, 0) is 37.1 Å². The van der Waals surface area contributed by atoms with Crippen LogP contribution >= 0.6 is 22.9 Å². The highest BCUT2D eigenvalue weighted by atomic mass is 35.5. The molecular weight excluding hydrogens is 436 g/mol. The van der Waals surface area contributed by atoms with Crippen LogP contribution in [0.5, 0.6) is 0 Å². The summed E-state index contributed by atoms with van der Waals surface area (Å²) in [6.07, 6.45) is 4.22. The number of sulfonamides is 1. The summed E-state index contributed by atoms with van der Waals surface area (Å²) in [4.78, 5) is 16.4. The van der Waals surface area contributed by atoms with Crippen LogP contribution < -0.4 is 5.32 Å². The number of hydrogen-bond acceptors (Lipinski definition) is 7. The lowest BCUT2D eigenvalue weighted by Crippen LogP contribution is -2.31. The number of amides is 1. The monoisotopic (exact) mass is 452 g/mol. The minimum Gasteiger partial charge on any atom is -0.339 e. The highest BCUT2D eigenvalue weighted by molar-refractivity contribution is 7.89. The van der Waals surface area contributed by atoms with E-state index in [0.717, 1.165) is 11.3 Å². The molecule has 1 atom stereocenters. The molecule has 1 aliphatic heterocycles. The summed E-state index contributed by atoms with van der Waals surface area (Å²) in [5.74, 6) is -0.409. The Morgan fingerprint density at radius 3 is 2.72 bits per heavy atom. The zero-order valence-electron chi connectivity index (χ0n) is 15.3. The molecule has 3 aromatic rings. The first-order chi connectivity index (χ1) is 13.8. The van der Waals surface area contributed by atoms with Gasteiger partial charge in [-0.2, -0.15) is 4.31 Å². The standard InChI is InChI=1S/C17H17ClN6O3S2/c1-23-9-14(19-10-23)29(26,27)24-8-2-3-13(24)16-21-22-17(28-16)15(25)20-12-6-4-11(18)5-7-12/h4-7,9-10,13H,2-3,8H2,1H3,(H,20,25). The van der Waals surface area contributed by atoms with E-state index in [1.54, 1.807) is 35.9 Å². The Hall–Kier alpha value is -2.34. The number of nitrogens with zero attached hydrogens (tertiary/aromatic N) is 5. The first-order valence-electron chi connectivity index (χ1n) is 8.75. The Morgan fingerprint density at radius 1 is 1.28 bits per heavy atom. The summed E-state index contributed by atoms with van der Waals surface area (Å²) in [6, 6.07) is 6.24. The number of halogens is 1. The Bertz CT molecular complexity index is 1140. The van der Waals surface area contributed by atoms with Crippen LogP contribution in [0.1, 0.15) is 33.7 Å². The van der Waals surface area contributed by atoms with Crippen LogP contribution in [0.2, 0.25) is 5.02 Å². The molecule has 1 fully saturated rings. The fourth-order valence-electron chi connectivity index (χ4n) is 3.10. The smallest absolute Gasteiger partial charge is 0.286 e. The molecule has 12 heteroatoms. The zero-order valence-corrected chi connectivity index (χ0v) is 17.7. The quantitative estimate of drug-likeness (QED) is 0.637. The van der Waals surface area contributed by atoms with E-state index in [2.05, 4.69) is 20.5 Å². The molecule has 1 aromatic carbocycles. The molecule has 0 saturated carbocycles. The Balaban J connectivity index is 1.53. The molecule has 2 aromatic heterocycles. The maximum absolute atomic E-state index is 13.0. The summed E-state index contributed by atoms with van der Waals surface area (Å²) in [7, 11) is -2.04. The number of aryl methyl sites for hydroxylation is 1. The Morgan fingerprint density at radius 2 is 2.03 bits per heavy atom. The molecule has 1 saturated heterocycles. The van der Waals surface area contributed by atoms with Gasteiger partial charge in [0.25, 0.3) is 15.9 Å². The maximum atomic E-state index is 13.0. The van der Waals surface area contributed by atoms with Crippen molar-refractivity contribution in [3.63, 3.8) is 0 Å². The first kappa shape index (κ1) is 20.0. The summed E-state index contributed by atoms with van der Waals surface area (Å²) >= 11 is 6.93. The average Bonchev–Trinajstić information content (AvgIpc) is 3.43. The van der Waals surface area contributed by atoms with E-state index in [4.69, 9.17) is 11.6 Å². The van der Waals surface area contributed by atoms with E-state index in [1.165, 1.54) is 16.8 Å². The molecule has 0 aliphatic carbocycles. The van der Waals surface area contributed by atoms with Gasteiger partial charge in [-0.15, -0.1) is 10.2 Å². The van der Waals surface area contributed by atoms with Crippen LogP contribution in [0, 0.1) is 0 Å². The Labute approximate surface area is 176 Å². The summed E-state index contributed by atoms with van der Waals surface area (Å²) in [6.45, 7) is 0.370. The van der Waals surface area contributed by atoms with Crippen LogP contribution in [0.25, 0.3) is 0 Å². The number of imidazole rings is 1. The third kappa shape index (κ3) is 4.04. The van der Waals surface area contributed by atoms with Crippen molar-refractivity contribution in [1.82, 2.24) is 24.1 Å². The molecule has 1 N–H and O–H groups in total. The number of carbonyl (C=O) groups excluding carboxylic acids is 1. The van der Waals surface area contributed by atoms with Gasteiger partial charge in [0.1, 0.15) is 5.01 Å². The molecule has 29 heavy (non-hydrogen) atoms. The van der Waals surface area contributed by atoms with Crippen molar-refractivity contribution in [3.8, 4) is 0 Å². The van der Waals surface area contributed by atoms with E-state index in [0.29, 0.717) is 35.1 Å². The number of anilines is 1. The van der Waals surface area contributed by atoms with Gasteiger partial charge in [0.2, 0.25) is 5.01 Å². The van der Waals surface area contributed by atoms with Crippen molar-refractivity contribution in [2.75, 3.05) is 11.9 Å². The number of benzene rings is 1. The van der Waals surface area contributed by atoms with Gasteiger partial charge in [0.15, 0.2) is 5.03 Å². The predicted molar refractivity (Wildman–Crippen MR) is 108 cm³/mol. The van der Waals surface area contributed by atoms with E-state index >= 15 is 0 Å². The number of nitrogens with one attached hydrogen (secondary N) is 1. The molecule has 3 heterocycles. The molecule has 0 radical (unpaired) electrons. The van der Waals surface area contributed by atoms with Gasteiger partial charge in [-0.3, -0.25) is 4.79 Å². The minimum atomic E-state index is -3.75. The molecule has 1 aliphatic rings. The zero-order chi connectivity index (χ0) is 20.6. The topological polar surface area (TPSA) is 110 Å². The lowest BCUT2D eigenvalue weighted by Gasteiger charge is -2.20. The van der Waals surface area contributed by atoms with E-state index in [1.807, 2.05) is 0 Å². The summed E-state index contributed by atoms with van der Waals surface area (Å²) in [5.41, 5.74) is 0.580. The normalized spacial score (nSPS) is 17.5. The average molecular weight is 453 g/mol. The molecule has 152 valence electrons. The highest BCUT2D eigenvalue weighted by Gasteiger charge is 2.39. The van der Waals surface area contributed by atoms with Crippen LogP contribution in [0.15, 0.2) is 41.8 Å². The van der Waals surface area contributed by atoms with Gasteiger partial charge in [0.05, 0.1) is 12.4 Å². The molecule has 1 amide bonds. The van der Waals surface area contributed by atoms with Crippen molar-refractivity contribution in [1.29, 1.82) is 0 Å². The Kier molecular flexibility index (Phi) is 5.38. The van der Waals surface area contributed by atoms with Crippen LogP contribution in [0.3, 0.4) is 0 Å². The van der Waals surface area contributed by atoms with Gasteiger partial charge in [-0.1, -0.05) is 22.9 Å². The fraction of sp³-hybridized carbons (Fsp3) is 0.294. The van der Waals surface area contributed by atoms with E-state index in [9.17, 15) is 13.2 Å². The number of carbonyl (C=O) groups is 1. The van der Waals surface area contributed by atoms with Crippen molar-refractivity contribution < 1.29 is 13.2 Å². The third-order valence-electron chi connectivity index (χ3n) is 4.48. The molecule has 0 bridgehead atoms. The van der Waals surface area contributed by atoms with E-state index in [-0.39, 0.29) is 10.0 Å². The molecule has 9 nitrogen and oxygen atoms in total. The lowest BCUT2D eigenvalue weighted by atomic mass is 10.2. The van der Waals surface area contributed by atoms with Gasteiger partial charge in [0, 0.05) is 30.5 Å². The first-order valence-corrected chi connectivity index (χ1v) is 11.4. The van der Waals surface area contributed by atoms with Crippen molar-refractivity contribution in [2.24, 2.45) is 7.05 Å². The van der Waals surface area contributed by atoms with Crippen LogP contribution in [-0.4, -0.2) is 44.9 Å². The molecule has 0 spiro atoms. The van der Waals surface area contributed by atoms with Crippen LogP contribution in [0.4, 0.5) is 5.69 Å². The minimum absolute atomic E-state index is 0.00267. The van der Waals surface area contributed by atoms with Gasteiger partial charge < -0.3 is 9.88 Å². The predicted octanol–water partition coefficient (Wildman–Crippen LogP) is 2.70.